The van der Waals surface area contributed by atoms with Crippen LogP contribution in [0.4, 0.5) is 22.0 Å². The molecule has 2 heterocycles. The zero-order valence-electron chi connectivity index (χ0n) is 28.2. The Hall–Kier alpha value is -5.01. The fourth-order valence-corrected chi connectivity index (χ4v) is 6.09. The van der Waals surface area contributed by atoms with E-state index in [-0.39, 0.29) is 25.4 Å². The summed E-state index contributed by atoms with van der Waals surface area (Å²) in [6.45, 7) is 1.19. The number of aromatic nitrogens is 1. The van der Waals surface area contributed by atoms with Crippen LogP contribution in [0.3, 0.4) is 0 Å². The van der Waals surface area contributed by atoms with Crippen molar-refractivity contribution >= 4 is 5.91 Å². The quantitative estimate of drug-likeness (QED) is 0.0787. The second kappa shape index (κ2) is 16.6. The SMILES string of the molecule is CN(CCc1ccccn1)C[C@H]1C[C@@H](c2ccc(CO)cc2)O[C@@H](c2ccc(-c3cccc(CNC(=O)c4c(F)c(F)c(F)c(F)c4F)c3)cc2)O1. The van der Waals surface area contributed by atoms with Crippen LogP contribution in [0.2, 0.25) is 0 Å². The number of carbonyl (C=O) groups is 1. The highest BCUT2D eigenvalue weighted by Gasteiger charge is 2.33. The molecule has 1 saturated heterocycles. The van der Waals surface area contributed by atoms with Gasteiger partial charge < -0.3 is 24.8 Å². The van der Waals surface area contributed by atoms with Gasteiger partial charge in [0.25, 0.3) is 5.91 Å². The summed E-state index contributed by atoms with van der Waals surface area (Å²) in [5.74, 6) is -12.5. The fraction of sp³-hybridized carbons (Fsp3) is 0.250. The number of nitrogens with zero attached hydrogens (tertiary/aromatic N) is 2. The molecule has 1 aliphatic heterocycles. The largest absolute Gasteiger partial charge is 0.392 e. The van der Waals surface area contributed by atoms with Gasteiger partial charge in [-0.15, -0.1) is 0 Å². The molecule has 5 aromatic rings. The molecule has 1 fully saturated rings. The van der Waals surface area contributed by atoms with Gasteiger partial charge in [-0.05, 0) is 53.1 Å². The lowest BCUT2D eigenvalue weighted by atomic mass is 9.99. The van der Waals surface area contributed by atoms with Gasteiger partial charge in [0.2, 0.25) is 5.82 Å². The van der Waals surface area contributed by atoms with Gasteiger partial charge in [0.15, 0.2) is 29.6 Å². The van der Waals surface area contributed by atoms with E-state index in [1.54, 1.807) is 24.4 Å². The van der Waals surface area contributed by atoms with E-state index >= 15 is 0 Å². The van der Waals surface area contributed by atoms with Crippen molar-refractivity contribution in [2.45, 2.75) is 44.5 Å². The average molecular weight is 718 g/mol. The van der Waals surface area contributed by atoms with Crippen LogP contribution in [0.5, 0.6) is 0 Å². The van der Waals surface area contributed by atoms with E-state index in [1.807, 2.05) is 72.8 Å². The molecule has 3 atom stereocenters. The third-order valence-corrected chi connectivity index (χ3v) is 8.94. The number of aliphatic hydroxyl groups excluding tert-OH is 1. The van der Waals surface area contributed by atoms with Crippen LogP contribution in [0.1, 0.15) is 57.1 Å². The summed E-state index contributed by atoms with van der Waals surface area (Å²) >= 11 is 0. The molecule has 0 radical (unpaired) electrons. The summed E-state index contributed by atoms with van der Waals surface area (Å²) in [6.07, 6.45) is 2.16. The van der Waals surface area contributed by atoms with Crippen molar-refractivity contribution in [1.82, 2.24) is 15.2 Å². The molecule has 12 heteroatoms. The third-order valence-electron chi connectivity index (χ3n) is 8.94. The predicted molar refractivity (Wildman–Crippen MR) is 183 cm³/mol. The maximum absolute atomic E-state index is 14.1. The van der Waals surface area contributed by atoms with E-state index < -0.39 is 46.8 Å². The minimum atomic E-state index is -2.33. The van der Waals surface area contributed by atoms with Crippen molar-refractivity contribution in [2.75, 3.05) is 20.1 Å². The lowest BCUT2D eigenvalue weighted by Crippen LogP contribution is -2.38. The third kappa shape index (κ3) is 8.54. The Morgan fingerprint density at radius 2 is 1.50 bits per heavy atom. The first kappa shape index (κ1) is 36.8. The molecule has 0 spiro atoms. The molecule has 270 valence electrons. The van der Waals surface area contributed by atoms with Crippen LogP contribution in [-0.2, 0) is 29.0 Å². The Labute approximate surface area is 297 Å². The van der Waals surface area contributed by atoms with Crippen LogP contribution in [0.25, 0.3) is 11.1 Å². The number of pyridine rings is 1. The fourth-order valence-electron chi connectivity index (χ4n) is 6.09. The number of hydrogen-bond acceptors (Lipinski definition) is 6. The molecule has 4 aromatic carbocycles. The van der Waals surface area contributed by atoms with Gasteiger partial charge in [0.1, 0.15) is 5.56 Å². The first-order chi connectivity index (χ1) is 25.1. The summed E-state index contributed by atoms with van der Waals surface area (Å²) in [5.41, 5.74) is 4.16. The van der Waals surface area contributed by atoms with Gasteiger partial charge in [-0.3, -0.25) is 9.78 Å². The molecule has 1 amide bonds. The van der Waals surface area contributed by atoms with E-state index in [2.05, 4.69) is 22.2 Å². The van der Waals surface area contributed by atoms with Crippen LogP contribution >= 0.6 is 0 Å². The van der Waals surface area contributed by atoms with Crippen molar-refractivity contribution in [3.05, 3.63) is 160 Å². The van der Waals surface area contributed by atoms with Crippen molar-refractivity contribution in [3.8, 4) is 11.1 Å². The summed E-state index contributed by atoms with van der Waals surface area (Å²) in [6, 6.07) is 28.1. The van der Waals surface area contributed by atoms with Gasteiger partial charge in [0, 0.05) is 49.9 Å². The number of benzene rings is 4. The summed E-state index contributed by atoms with van der Waals surface area (Å²) < 4.78 is 81.9. The number of aliphatic hydroxyl groups is 1. The lowest BCUT2D eigenvalue weighted by molar-refractivity contribution is -0.252. The number of amides is 1. The molecule has 1 aromatic heterocycles. The second-order valence-corrected chi connectivity index (χ2v) is 12.6. The van der Waals surface area contributed by atoms with Crippen molar-refractivity contribution < 1.29 is 41.3 Å². The minimum absolute atomic E-state index is 0.0520. The highest BCUT2D eigenvalue weighted by Crippen LogP contribution is 2.38. The molecule has 2 N–H and O–H groups in total. The van der Waals surface area contributed by atoms with Crippen LogP contribution in [-0.4, -0.2) is 47.1 Å². The van der Waals surface area contributed by atoms with Crippen molar-refractivity contribution in [2.24, 2.45) is 0 Å². The number of nitrogens with one attached hydrogen (secondary N) is 1. The average Bonchev–Trinajstić information content (AvgIpc) is 3.18. The van der Waals surface area contributed by atoms with E-state index in [9.17, 15) is 31.9 Å². The molecule has 0 aliphatic carbocycles. The Morgan fingerprint density at radius 1 is 0.808 bits per heavy atom. The Kier molecular flexibility index (Phi) is 11.7. The van der Waals surface area contributed by atoms with Gasteiger partial charge in [-0.1, -0.05) is 72.8 Å². The number of likely N-dealkylation sites (N-methyl/N-ethyl adjacent to an activating group) is 1. The van der Waals surface area contributed by atoms with E-state index in [4.69, 9.17) is 9.47 Å². The predicted octanol–water partition coefficient (Wildman–Crippen LogP) is 7.59. The Bertz CT molecular complexity index is 1970. The first-order valence-electron chi connectivity index (χ1n) is 16.7. The molecule has 7 nitrogen and oxygen atoms in total. The number of rotatable bonds is 12. The minimum Gasteiger partial charge on any atom is -0.392 e. The summed E-state index contributed by atoms with van der Waals surface area (Å²) in [7, 11) is 2.05. The molecule has 52 heavy (non-hydrogen) atoms. The molecule has 0 bridgehead atoms. The van der Waals surface area contributed by atoms with E-state index in [1.165, 1.54) is 0 Å². The monoisotopic (exact) mass is 717 g/mol. The topological polar surface area (TPSA) is 83.9 Å². The number of halogens is 5. The van der Waals surface area contributed by atoms with Crippen molar-refractivity contribution in [3.63, 3.8) is 0 Å². The molecule has 6 rings (SSSR count). The zero-order valence-corrected chi connectivity index (χ0v) is 28.2. The molecule has 0 unspecified atom stereocenters. The molecule has 0 saturated carbocycles. The smallest absolute Gasteiger partial charge is 0.257 e. The molecule has 1 aliphatic rings. The maximum atomic E-state index is 14.1. The Balaban J connectivity index is 1.14. The summed E-state index contributed by atoms with van der Waals surface area (Å²) in [4.78, 5) is 19.1. The lowest BCUT2D eigenvalue weighted by Gasteiger charge is -2.38. The van der Waals surface area contributed by atoms with Crippen LogP contribution in [0, 0.1) is 29.1 Å². The van der Waals surface area contributed by atoms with E-state index in [0.717, 1.165) is 46.5 Å². The van der Waals surface area contributed by atoms with Gasteiger partial charge in [-0.25, -0.2) is 22.0 Å². The molecular formula is C40H36F5N3O4. The van der Waals surface area contributed by atoms with Gasteiger partial charge in [0.05, 0.1) is 18.8 Å². The highest BCUT2D eigenvalue weighted by molar-refractivity contribution is 5.94. The Morgan fingerprint density at radius 3 is 2.17 bits per heavy atom. The van der Waals surface area contributed by atoms with Crippen LogP contribution < -0.4 is 5.32 Å². The number of hydrogen-bond donors (Lipinski definition) is 2. The number of ether oxygens (including phenoxy) is 2. The standard InChI is InChI=1S/C40H36F5N3O4/c1-48(18-16-30-7-2-3-17-46-30)22-31-20-32(27-10-8-24(23-49)9-11-27)52-40(51-31)28-14-12-26(13-15-28)29-6-4-5-25(19-29)21-47-39(50)33-34(41)36(43)38(45)37(44)35(33)42/h2-15,17,19,31-32,40,49H,16,18,20-23H2,1H3,(H,47,50)/t31-,32+,40+/m1/s1. The number of carbonyl (C=O) groups excluding carboxylic acids is 1. The summed E-state index contributed by atoms with van der Waals surface area (Å²) in [5, 5.41) is 11.8. The van der Waals surface area contributed by atoms with Gasteiger partial charge >= 0.3 is 0 Å². The normalized spacial score (nSPS) is 17.3. The van der Waals surface area contributed by atoms with Crippen LogP contribution in [0.15, 0.2) is 97.2 Å². The molecular weight excluding hydrogens is 681 g/mol. The van der Waals surface area contributed by atoms with Gasteiger partial charge in [-0.2, -0.15) is 0 Å². The van der Waals surface area contributed by atoms with Crippen molar-refractivity contribution in [1.29, 1.82) is 0 Å². The first-order valence-corrected chi connectivity index (χ1v) is 16.7. The zero-order chi connectivity index (χ0) is 36.8. The highest BCUT2D eigenvalue weighted by atomic mass is 19.2. The van der Waals surface area contributed by atoms with E-state index in [0.29, 0.717) is 18.5 Å². The second-order valence-electron chi connectivity index (χ2n) is 12.6. The maximum Gasteiger partial charge on any atom is 0.257 e.